The van der Waals surface area contributed by atoms with E-state index in [4.69, 9.17) is 11.6 Å². The van der Waals surface area contributed by atoms with Gasteiger partial charge in [0.1, 0.15) is 0 Å². The lowest BCUT2D eigenvalue weighted by atomic mass is 10.2. The molecule has 2 N–H and O–H groups in total. The van der Waals surface area contributed by atoms with Gasteiger partial charge in [-0.25, -0.2) is 8.42 Å². The zero-order valence-electron chi connectivity index (χ0n) is 12.1. The molecule has 0 aliphatic carbocycles. The Labute approximate surface area is 134 Å². The Morgan fingerprint density at radius 1 is 1.05 bits per heavy atom. The molecule has 2 aromatic carbocycles. The fraction of sp³-hybridized carbons (Fsp3) is 0.133. The summed E-state index contributed by atoms with van der Waals surface area (Å²) in [7, 11) is -3.83. The van der Waals surface area contributed by atoms with Gasteiger partial charge >= 0.3 is 0 Å². The molecule has 0 bridgehead atoms. The first-order valence-electron chi connectivity index (χ1n) is 6.44. The highest BCUT2D eigenvalue weighted by Crippen LogP contribution is 2.16. The maximum atomic E-state index is 12.2. The van der Waals surface area contributed by atoms with Gasteiger partial charge in [0.25, 0.3) is 15.9 Å². The van der Waals surface area contributed by atoms with Gasteiger partial charge in [0.15, 0.2) is 0 Å². The Morgan fingerprint density at radius 3 is 2.32 bits per heavy atom. The summed E-state index contributed by atoms with van der Waals surface area (Å²) in [5.74, 6) is -0.564. The molecule has 0 fully saturated rings. The van der Waals surface area contributed by atoms with Gasteiger partial charge in [-0.3, -0.25) is 10.2 Å². The van der Waals surface area contributed by atoms with Gasteiger partial charge in [-0.1, -0.05) is 23.7 Å². The second kappa shape index (κ2) is 6.48. The van der Waals surface area contributed by atoms with Crippen LogP contribution in [0.3, 0.4) is 0 Å². The van der Waals surface area contributed by atoms with Crippen molar-refractivity contribution in [2.75, 3.05) is 0 Å². The number of halogens is 1. The SMILES string of the molecule is Cc1ccc(C)c(S(=O)(=O)NNC(=O)c2ccc(Cl)cc2)c1. The van der Waals surface area contributed by atoms with Gasteiger partial charge in [0.2, 0.25) is 0 Å². The van der Waals surface area contributed by atoms with Crippen LogP contribution < -0.4 is 10.3 Å². The fourth-order valence-corrected chi connectivity index (χ4v) is 3.13. The van der Waals surface area contributed by atoms with Crippen LogP contribution in [0.2, 0.25) is 5.02 Å². The zero-order chi connectivity index (χ0) is 16.3. The molecule has 0 saturated heterocycles. The van der Waals surface area contributed by atoms with Crippen molar-refractivity contribution in [3.05, 3.63) is 64.2 Å². The highest BCUT2D eigenvalue weighted by Gasteiger charge is 2.18. The monoisotopic (exact) mass is 338 g/mol. The average molecular weight is 339 g/mol. The molecule has 0 aliphatic heterocycles. The number of sulfonamides is 1. The lowest BCUT2D eigenvalue weighted by Gasteiger charge is -2.11. The summed E-state index contributed by atoms with van der Waals surface area (Å²) in [5, 5.41) is 0.493. The zero-order valence-corrected chi connectivity index (χ0v) is 13.6. The van der Waals surface area contributed by atoms with Crippen LogP contribution in [0.4, 0.5) is 0 Å². The van der Waals surface area contributed by atoms with Gasteiger partial charge in [-0.15, -0.1) is 4.83 Å². The van der Waals surface area contributed by atoms with E-state index < -0.39 is 15.9 Å². The first kappa shape index (κ1) is 16.5. The van der Waals surface area contributed by atoms with E-state index in [1.54, 1.807) is 38.1 Å². The third kappa shape index (κ3) is 3.85. The molecule has 22 heavy (non-hydrogen) atoms. The highest BCUT2D eigenvalue weighted by molar-refractivity contribution is 7.89. The largest absolute Gasteiger partial charge is 0.273 e. The lowest BCUT2D eigenvalue weighted by Crippen LogP contribution is -2.41. The minimum atomic E-state index is -3.83. The van der Waals surface area contributed by atoms with E-state index in [0.717, 1.165) is 5.56 Å². The summed E-state index contributed by atoms with van der Waals surface area (Å²) < 4.78 is 24.5. The van der Waals surface area contributed by atoms with Crippen molar-refractivity contribution in [2.24, 2.45) is 0 Å². The van der Waals surface area contributed by atoms with Gasteiger partial charge in [-0.2, -0.15) is 0 Å². The van der Waals surface area contributed by atoms with Crippen molar-refractivity contribution in [3.8, 4) is 0 Å². The number of hydrazine groups is 1. The molecule has 0 aliphatic rings. The quantitative estimate of drug-likeness (QED) is 0.841. The third-order valence-electron chi connectivity index (χ3n) is 3.04. The molecule has 2 aromatic rings. The van der Waals surface area contributed by atoms with Crippen LogP contribution in [-0.4, -0.2) is 14.3 Å². The molecular formula is C15H15ClN2O3S. The van der Waals surface area contributed by atoms with Crippen LogP contribution in [0, 0.1) is 13.8 Å². The van der Waals surface area contributed by atoms with Crippen molar-refractivity contribution < 1.29 is 13.2 Å². The summed E-state index contributed by atoms with van der Waals surface area (Å²) in [6.07, 6.45) is 0. The minimum Gasteiger partial charge on any atom is -0.273 e. The fourth-order valence-electron chi connectivity index (χ4n) is 1.84. The Bertz CT molecular complexity index is 802. The predicted octanol–water partition coefficient (Wildman–Crippen LogP) is 2.58. The normalized spacial score (nSPS) is 11.2. The minimum absolute atomic E-state index is 0.129. The summed E-state index contributed by atoms with van der Waals surface area (Å²) in [4.78, 5) is 14.1. The Kier molecular flexibility index (Phi) is 4.85. The number of hydrogen-bond acceptors (Lipinski definition) is 3. The number of nitrogens with one attached hydrogen (secondary N) is 2. The topological polar surface area (TPSA) is 75.3 Å². The molecule has 1 amide bonds. The average Bonchev–Trinajstić information content (AvgIpc) is 2.48. The molecule has 5 nitrogen and oxygen atoms in total. The van der Waals surface area contributed by atoms with Crippen LogP contribution in [-0.2, 0) is 10.0 Å². The number of rotatable bonds is 4. The predicted molar refractivity (Wildman–Crippen MR) is 85.2 cm³/mol. The molecule has 2 rings (SSSR count). The first-order chi connectivity index (χ1) is 10.3. The number of amides is 1. The molecule has 0 atom stereocenters. The van der Waals surface area contributed by atoms with Gasteiger partial charge < -0.3 is 0 Å². The van der Waals surface area contributed by atoms with Crippen molar-refractivity contribution in [3.63, 3.8) is 0 Å². The van der Waals surface area contributed by atoms with Crippen molar-refractivity contribution in [1.82, 2.24) is 10.3 Å². The van der Waals surface area contributed by atoms with E-state index in [2.05, 4.69) is 10.3 Å². The van der Waals surface area contributed by atoms with Crippen LogP contribution in [0.5, 0.6) is 0 Å². The number of hydrogen-bond donors (Lipinski definition) is 2. The molecule has 0 saturated carbocycles. The van der Waals surface area contributed by atoms with Crippen molar-refractivity contribution in [2.45, 2.75) is 18.7 Å². The third-order valence-corrected chi connectivity index (χ3v) is 4.68. The molecule has 116 valence electrons. The van der Waals surface area contributed by atoms with E-state index in [1.165, 1.54) is 12.1 Å². The van der Waals surface area contributed by atoms with Gasteiger partial charge in [-0.05, 0) is 55.3 Å². The number of carbonyl (C=O) groups is 1. The number of carbonyl (C=O) groups excluding carboxylic acids is 1. The molecule has 0 unspecified atom stereocenters. The van der Waals surface area contributed by atoms with Crippen LogP contribution in [0.15, 0.2) is 47.4 Å². The second-order valence-electron chi connectivity index (χ2n) is 4.84. The highest BCUT2D eigenvalue weighted by atomic mass is 35.5. The maximum absolute atomic E-state index is 12.2. The van der Waals surface area contributed by atoms with E-state index in [0.29, 0.717) is 16.1 Å². The molecule has 0 heterocycles. The summed E-state index contributed by atoms with van der Waals surface area (Å²) in [5.41, 5.74) is 3.89. The molecule has 7 heteroatoms. The van der Waals surface area contributed by atoms with Crippen molar-refractivity contribution in [1.29, 1.82) is 0 Å². The summed E-state index contributed by atoms with van der Waals surface area (Å²) in [6, 6.07) is 11.2. The Balaban J connectivity index is 2.14. The molecule has 0 radical (unpaired) electrons. The Morgan fingerprint density at radius 2 is 1.68 bits per heavy atom. The summed E-state index contributed by atoms with van der Waals surface area (Å²) >= 11 is 5.74. The molecule has 0 spiro atoms. The first-order valence-corrected chi connectivity index (χ1v) is 8.31. The van der Waals surface area contributed by atoms with Gasteiger partial charge in [0, 0.05) is 10.6 Å². The van der Waals surface area contributed by atoms with E-state index >= 15 is 0 Å². The standard InChI is InChI=1S/C15H15ClN2O3S/c1-10-3-4-11(2)14(9-10)22(20,21)18-17-15(19)12-5-7-13(16)8-6-12/h3-9,18H,1-2H3,(H,17,19). The summed E-state index contributed by atoms with van der Waals surface area (Å²) in [6.45, 7) is 3.49. The van der Waals surface area contributed by atoms with Gasteiger partial charge in [0.05, 0.1) is 4.90 Å². The van der Waals surface area contributed by atoms with Crippen LogP contribution >= 0.6 is 11.6 Å². The maximum Gasteiger partial charge on any atom is 0.266 e. The van der Waals surface area contributed by atoms with E-state index in [-0.39, 0.29) is 4.90 Å². The molecular weight excluding hydrogens is 324 g/mol. The number of benzene rings is 2. The smallest absolute Gasteiger partial charge is 0.266 e. The van der Waals surface area contributed by atoms with Crippen LogP contribution in [0.1, 0.15) is 21.5 Å². The van der Waals surface area contributed by atoms with E-state index in [9.17, 15) is 13.2 Å². The number of aryl methyl sites for hydroxylation is 2. The Hall–Kier alpha value is -1.89. The lowest BCUT2D eigenvalue weighted by molar-refractivity contribution is 0.0945. The second-order valence-corrected chi connectivity index (χ2v) is 6.92. The van der Waals surface area contributed by atoms with Crippen LogP contribution in [0.25, 0.3) is 0 Å². The van der Waals surface area contributed by atoms with E-state index in [1.807, 2.05) is 6.07 Å². The van der Waals surface area contributed by atoms with Crippen molar-refractivity contribution >= 4 is 27.5 Å². The molecule has 0 aromatic heterocycles.